The molecule has 0 saturated carbocycles. The van der Waals surface area contributed by atoms with Crippen LogP contribution < -0.4 is 21.1 Å². The van der Waals surface area contributed by atoms with Crippen LogP contribution in [0, 0.1) is 0 Å². The Kier molecular flexibility index (Phi) is 5.59. The number of ether oxygens (including phenoxy) is 1. The average Bonchev–Trinajstić information content (AvgIpc) is 2.42. The number of carbonyl (C=O) groups excluding carboxylic acids is 2. The topological polar surface area (TPSA) is 106 Å². The summed E-state index contributed by atoms with van der Waals surface area (Å²) in [5.41, 5.74) is 5.98. The summed E-state index contributed by atoms with van der Waals surface area (Å²) in [5.74, 6) is -0.896. The van der Waals surface area contributed by atoms with Gasteiger partial charge in [0, 0.05) is 31.9 Å². The van der Waals surface area contributed by atoms with E-state index in [-0.39, 0.29) is 13.1 Å². The van der Waals surface area contributed by atoms with Crippen molar-refractivity contribution in [3.05, 3.63) is 23.9 Å². The Balaban J connectivity index is 2.39. The number of amides is 2. The maximum atomic E-state index is 11.3. The van der Waals surface area contributed by atoms with E-state index in [1.807, 2.05) is 0 Å². The molecule has 0 saturated heterocycles. The van der Waals surface area contributed by atoms with Crippen LogP contribution in [0.25, 0.3) is 0 Å². The van der Waals surface area contributed by atoms with Crippen molar-refractivity contribution in [1.29, 1.82) is 0 Å². The van der Waals surface area contributed by atoms with Gasteiger partial charge in [-0.15, -0.1) is 0 Å². The molecular formula is C11H16N4O3. The number of aromatic nitrogens is 1. The normalized spacial score (nSPS) is 9.67. The van der Waals surface area contributed by atoms with Gasteiger partial charge in [0.05, 0.1) is 7.11 Å². The molecule has 7 heteroatoms. The Morgan fingerprint density at radius 1 is 1.33 bits per heavy atom. The zero-order chi connectivity index (χ0) is 13.4. The third kappa shape index (κ3) is 4.38. The number of nitrogens with zero attached hydrogens (tertiary/aromatic N) is 1. The van der Waals surface area contributed by atoms with E-state index >= 15 is 0 Å². The van der Waals surface area contributed by atoms with Crippen LogP contribution in [0.1, 0.15) is 5.56 Å². The first-order valence-electron chi connectivity index (χ1n) is 5.42. The molecule has 0 radical (unpaired) electrons. The van der Waals surface area contributed by atoms with E-state index in [2.05, 4.69) is 15.6 Å². The van der Waals surface area contributed by atoms with Crippen molar-refractivity contribution in [2.75, 3.05) is 20.2 Å². The molecule has 1 aromatic heterocycles. The first-order chi connectivity index (χ1) is 8.67. The van der Waals surface area contributed by atoms with Crippen LogP contribution in [0.5, 0.6) is 5.88 Å². The molecule has 0 aliphatic carbocycles. The third-order valence-corrected chi connectivity index (χ3v) is 2.10. The minimum absolute atomic E-state index is 0.228. The van der Waals surface area contributed by atoms with Gasteiger partial charge < -0.3 is 21.1 Å². The first-order valence-corrected chi connectivity index (χ1v) is 5.42. The highest BCUT2D eigenvalue weighted by atomic mass is 16.5. The van der Waals surface area contributed by atoms with Crippen molar-refractivity contribution in [2.24, 2.45) is 5.73 Å². The van der Waals surface area contributed by atoms with Gasteiger partial charge in [0.1, 0.15) is 0 Å². The van der Waals surface area contributed by atoms with Crippen LogP contribution in [-0.2, 0) is 16.1 Å². The smallest absolute Gasteiger partial charge is 0.309 e. The molecule has 0 fully saturated rings. The number of nitrogens with two attached hydrogens (primary N) is 1. The van der Waals surface area contributed by atoms with Gasteiger partial charge in [-0.2, -0.15) is 0 Å². The van der Waals surface area contributed by atoms with Crippen molar-refractivity contribution in [2.45, 2.75) is 6.54 Å². The lowest BCUT2D eigenvalue weighted by Gasteiger charge is -2.06. The minimum atomic E-state index is -0.695. The quantitative estimate of drug-likeness (QED) is 0.570. The van der Waals surface area contributed by atoms with Crippen LogP contribution >= 0.6 is 0 Å². The zero-order valence-corrected chi connectivity index (χ0v) is 10.1. The average molecular weight is 252 g/mol. The molecule has 0 aliphatic heterocycles. The molecule has 1 heterocycles. The number of pyridine rings is 1. The van der Waals surface area contributed by atoms with Crippen molar-refractivity contribution < 1.29 is 14.3 Å². The van der Waals surface area contributed by atoms with E-state index in [1.54, 1.807) is 18.3 Å². The summed E-state index contributed by atoms with van der Waals surface area (Å²) in [4.78, 5) is 26.5. The number of carbonyl (C=O) groups is 2. The van der Waals surface area contributed by atoms with Crippen LogP contribution in [0.15, 0.2) is 18.3 Å². The molecule has 0 bridgehead atoms. The summed E-state index contributed by atoms with van der Waals surface area (Å²) in [6, 6.07) is 3.43. The summed E-state index contributed by atoms with van der Waals surface area (Å²) in [7, 11) is 1.52. The second kappa shape index (κ2) is 7.23. The van der Waals surface area contributed by atoms with Crippen LogP contribution in [0.4, 0.5) is 0 Å². The lowest BCUT2D eigenvalue weighted by atomic mass is 10.3. The van der Waals surface area contributed by atoms with Gasteiger partial charge in [-0.25, -0.2) is 4.98 Å². The molecular weight excluding hydrogens is 236 g/mol. The molecule has 0 atom stereocenters. The number of hydrogen-bond donors (Lipinski definition) is 3. The predicted octanol–water partition coefficient (Wildman–Crippen LogP) is -1.22. The van der Waals surface area contributed by atoms with Gasteiger partial charge >= 0.3 is 11.8 Å². The first kappa shape index (κ1) is 13.9. The van der Waals surface area contributed by atoms with Gasteiger partial charge in [0.2, 0.25) is 5.88 Å². The monoisotopic (exact) mass is 252 g/mol. The Morgan fingerprint density at radius 2 is 2.06 bits per heavy atom. The van der Waals surface area contributed by atoms with Crippen LogP contribution in [0.3, 0.4) is 0 Å². The van der Waals surface area contributed by atoms with E-state index in [0.717, 1.165) is 5.56 Å². The Bertz CT molecular complexity index is 405. The highest BCUT2D eigenvalue weighted by Crippen LogP contribution is 2.05. The summed E-state index contributed by atoms with van der Waals surface area (Å²) in [6.45, 7) is 0.795. The van der Waals surface area contributed by atoms with E-state index in [9.17, 15) is 9.59 Å². The molecule has 0 aromatic carbocycles. The maximum absolute atomic E-state index is 11.3. The standard InChI is InChI=1S/C11H16N4O3/c1-18-9-3-2-8(6-14-9)7-15-11(17)10(16)13-5-4-12/h2-3,6H,4-5,7,12H2,1H3,(H,13,16)(H,15,17). The van der Waals surface area contributed by atoms with Gasteiger partial charge in [-0.1, -0.05) is 6.07 Å². The summed E-state index contributed by atoms with van der Waals surface area (Å²) < 4.78 is 4.90. The molecule has 4 N–H and O–H groups in total. The lowest BCUT2D eigenvalue weighted by molar-refractivity contribution is -0.139. The second-order valence-electron chi connectivity index (χ2n) is 3.44. The second-order valence-corrected chi connectivity index (χ2v) is 3.44. The maximum Gasteiger partial charge on any atom is 0.309 e. The number of nitrogens with one attached hydrogen (secondary N) is 2. The van der Waals surface area contributed by atoms with Crippen molar-refractivity contribution >= 4 is 11.8 Å². The van der Waals surface area contributed by atoms with E-state index in [4.69, 9.17) is 10.5 Å². The van der Waals surface area contributed by atoms with E-state index in [0.29, 0.717) is 12.4 Å². The number of rotatable bonds is 5. The fraction of sp³-hybridized carbons (Fsp3) is 0.364. The molecule has 0 unspecified atom stereocenters. The fourth-order valence-electron chi connectivity index (χ4n) is 1.16. The van der Waals surface area contributed by atoms with Crippen LogP contribution in [-0.4, -0.2) is 37.0 Å². The van der Waals surface area contributed by atoms with Gasteiger partial charge in [0.15, 0.2) is 0 Å². The molecule has 98 valence electrons. The van der Waals surface area contributed by atoms with Crippen molar-refractivity contribution in [3.8, 4) is 5.88 Å². The molecule has 1 rings (SSSR count). The Morgan fingerprint density at radius 3 is 2.61 bits per heavy atom. The third-order valence-electron chi connectivity index (χ3n) is 2.10. The Labute approximate surface area is 105 Å². The highest BCUT2D eigenvalue weighted by molar-refractivity contribution is 6.35. The summed E-state index contributed by atoms with van der Waals surface area (Å²) in [6.07, 6.45) is 1.57. The summed E-state index contributed by atoms with van der Waals surface area (Å²) in [5, 5.41) is 4.85. The van der Waals surface area contributed by atoms with Crippen LogP contribution in [0.2, 0.25) is 0 Å². The Hall–Kier alpha value is -2.15. The van der Waals surface area contributed by atoms with E-state index < -0.39 is 11.8 Å². The van der Waals surface area contributed by atoms with Gasteiger partial charge in [0.25, 0.3) is 0 Å². The van der Waals surface area contributed by atoms with Gasteiger partial charge in [-0.3, -0.25) is 9.59 Å². The lowest BCUT2D eigenvalue weighted by Crippen LogP contribution is -2.41. The van der Waals surface area contributed by atoms with Crippen molar-refractivity contribution in [3.63, 3.8) is 0 Å². The fourth-order valence-corrected chi connectivity index (χ4v) is 1.16. The summed E-state index contributed by atoms with van der Waals surface area (Å²) >= 11 is 0. The van der Waals surface area contributed by atoms with Gasteiger partial charge in [-0.05, 0) is 5.56 Å². The van der Waals surface area contributed by atoms with E-state index in [1.165, 1.54) is 7.11 Å². The SMILES string of the molecule is COc1ccc(CNC(=O)C(=O)NCCN)cn1. The predicted molar refractivity (Wildman–Crippen MR) is 64.7 cm³/mol. The molecule has 1 aromatic rings. The number of hydrogen-bond acceptors (Lipinski definition) is 5. The van der Waals surface area contributed by atoms with Crippen molar-refractivity contribution in [1.82, 2.24) is 15.6 Å². The molecule has 2 amide bonds. The molecule has 18 heavy (non-hydrogen) atoms. The minimum Gasteiger partial charge on any atom is -0.481 e. The highest BCUT2D eigenvalue weighted by Gasteiger charge is 2.11. The largest absolute Gasteiger partial charge is 0.481 e. The number of methoxy groups -OCH3 is 1. The zero-order valence-electron chi connectivity index (χ0n) is 10.1. The molecule has 0 aliphatic rings. The molecule has 0 spiro atoms. The molecule has 7 nitrogen and oxygen atoms in total.